The number of benzene rings is 1. The minimum Gasteiger partial charge on any atom is -0.478 e. The van der Waals surface area contributed by atoms with Crippen molar-refractivity contribution in [2.24, 2.45) is 0 Å². The molecule has 0 saturated heterocycles. The summed E-state index contributed by atoms with van der Waals surface area (Å²) >= 11 is 3.02. The second-order valence-corrected chi connectivity index (χ2v) is 3.77. The van der Waals surface area contributed by atoms with Gasteiger partial charge in [0, 0.05) is 17.5 Å². The Morgan fingerprint density at radius 1 is 1.60 bits per heavy atom. The van der Waals surface area contributed by atoms with Gasteiger partial charge in [-0.25, -0.2) is 9.18 Å². The van der Waals surface area contributed by atoms with E-state index in [-0.39, 0.29) is 0 Å². The van der Waals surface area contributed by atoms with Gasteiger partial charge in [0.05, 0.1) is 4.47 Å². The van der Waals surface area contributed by atoms with Crippen molar-refractivity contribution in [2.75, 3.05) is 5.32 Å². The van der Waals surface area contributed by atoms with Crippen LogP contribution in [0.1, 0.15) is 6.92 Å². The summed E-state index contributed by atoms with van der Waals surface area (Å²) in [5.74, 6) is -1.44. The van der Waals surface area contributed by atoms with Crippen LogP contribution in [0.25, 0.3) is 0 Å². The number of rotatable bonds is 3. The average molecular weight is 274 g/mol. The van der Waals surface area contributed by atoms with Gasteiger partial charge < -0.3 is 10.4 Å². The normalized spacial score (nSPS) is 11.3. The van der Waals surface area contributed by atoms with Crippen molar-refractivity contribution in [3.63, 3.8) is 0 Å². The molecule has 0 aromatic heterocycles. The van der Waals surface area contributed by atoms with E-state index in [1.807, 2.05) is 0 Å². The lowest BCUT2D eigenvalue weighted by atomic mass is 10.3. The first-order valence-corrected chi connectivity index (χ1v) is 4.91. The fourth-order valence-corrected chi connectivity index (χ4v) is 1.27. The molecule has 0 aliphatic rings. The summed E-state index contributed by atoms with van der Waals surface area (Å²) in [5.41, 5.74) is 0.940. The van der Waals surface area contributed by atoms with Crippen molar-refractivity contribution in [1.82, 2.24) is 0 Å². The van der Waals surface area contributed by atoms with Crippen molar-refractivity contribution >= 4 is 27.6 Å². The Balaban J connectivity index is 2.82. The monoisotopic (exact) mass is 273 g/mol. The van der Waals surface area contributed by atoms with Crippen molar-refractivity contribution in [2.45, 2.75) is 6.92 Å². The van der Waals surface area contributed by atoms with Crippen LogP contribution in [0, 0.1) is 5.82 Å². The van der Waals surface area contributed by atoms with E-state index in [1.165, 1.54) is 6.07 Å². The number of anilines is 1. The third kappa shape index (κ3) is 3.71. The van der Waals surface area contributed by atoms with Crippen LogP contribution >= 0.6 is 15.9 Å². The Hall–Kier alpha value is -1.36. The molecule has 1 rings (SSSR count). The minimum absolute atomic E-state index is 0.368. The minimum atomic E-state index is -1.04. The molecule has 2 N–H and O–H groups in total. The molecule has 0 fully saturated rings. The fraction of sp³-hybridized carbons (Fsp3) is 0.100. The number of aliphatic carboxylic acids is 1. The second-order valence-electron chi connectivity index (χ2n) is 2.92. The van der Waals surface area contributed by atoms with Gasteiger partial charge in [0.15, 0.2) is 0 Å². The topological polar surface area (TPSA) is 49.3 Å². The summed E-state index contributed by atoms with van der Waals surface area (Å²) in [6.07, 6.45) is 1.01. The van der Waals surface area contributed by atoms with Crippen LogP contribution < -0.4 is 5.32 Å². The van der Waals surface area contributed by atoms with Crippen LogP contribution in [0.5, 0.6) is 0 Å². The van der Waals surface area contributed by atoms with Gasteiger partial charge in [-0.1, -0.05) is 0 Å². The van der Waals surface area contributed by atoms with Crippen LogP contribution in [0.4, 0.5) is 10.1 Å². The quantitative estimate of drug-likeness (QED) is 0.833. The number of halogens is 2. The lowest BCUT2D eigenvalue weighted by Gasteiger charge is -2.06. The van der Waals surface area contributed by atoms with Gasteiger partial charge in [0.1, 0.15) is 5.82 Å². The lowest BCUT2D eigenvalue weighted by Crippen LogP contribution is -1.99. The summed E-state index contributed by atoms with van der Waals surface area (Å²) in [6, 6.07) is 4.47. The smallest absolute Gasteiger partial charge is 0.330 e. The van der Waals surface area contributed by atoms with Crippen molar-refractivity contribution in [1.29, 1.82) is 0 Å². The van der Waals surface area contributed by atoms with E-state index in [0.29, 0.717) is 15.9 Å². The van der Waals surface area contributed by atoms with Gasteiger partial charge >= 0.3 is 5.97 Å². The number of allylic oxidation sites excluding steroid dienone is 1. The number of hydrogen-bond donors (Lipinski definition) is 2. The van der Waals surface area contributed by atoms with Crippen LogP contribution in [0.2, 0.25) is 0 Å². The second kappa shape index (κ2) is 4.93. The third-order valence-electron chi connectivity index (χ3n) is 1.60. The molecular weight excluding hydrogens is 265 g/mol. The van der Waals surface area contributed by atoms with Crippen LogP contribution in [-0.2, 0) is 4.79 Å². The van der Waals surface area contributed by atoms with E-state index < -0.39 is 11.8 Å². The zero-order valence-corrected chi connectivity index (χ0v) is 9.51. The highest BCUT2D eigenvalue weighted by Gasteiger charge is 2.01. The number of carboxylic acid groups (broad SMARTS) is 1. The maximum Gasteiger partial charge on any atom is 0.330 e. The summed E-state index contributed by atoms with van der Waals surface area (Å²) in [6.45, 7) is 1.59. The van der Waals surface area contributed by atoms with E-state index in [0.717, 1.165) is 6.08 Å². The summed E-state index contributed by atoms with van der Waals surface area (Å²) in [7, 11) is 0. The fourth-order valence-electron chi connectivity index (χ4n) is 1.02. The SMILES string of the molecule is C/C(=C/C(=O)O)Nc1ccc(Br)c(F)c1. The molecule has 0 atom stereocenters. The van der Waals surface area contributed by atoms with Crippen molar-refractivity contribution in [3.05, 3.63) is 40.3 Å². The molecule has 1 aromatic rings. The number of carboxylic acids is 1. The summed E-state index contributed by atoms with van der Waals surface area (Å²) in [5, 5.41) is 11.2. The van der Waals surface area contributed by atoms with Gasteiger partial charge in [0.2, 0.25) is 0 Å². The molecule has 0 aliphatic carbocycles. The van der Waals surface area contributed by atoms with Crippen LogP contribution in [-0.4, -0.2) is 11.1 Å². The number of hydrogen-bond acceptors (Lipinski definition) is 2. The zero-order chi connectivity index (χ0) is 11.4. The van der Waals surface area contributed by atoms with E-state index in [2.05, 4.69) is 21.2 Å². The average Bonchev–Trinajstić information content (AvgIpc) is 2.10. The number of carbonyl (C=O) groups is 1. The molecule has 0 amide bonds. The van der Waals surface area contributed by atoms with Crippen molar-refractivity contribution < 1.29 is 14.3 Å². The molecule has 0 saturated carbocycles. The molecule has 0 bridgehead atoms. The number of nitrogens with one attached hydrogen (secondary N) is 1. The molecule has 15 heavy (non-hydrogen) atoms. The highest BCUT2D eigenvalue weighted by molar-refractivity contribution is 9.10. The van der Waals surface area contributed by atoms with E-state index in [4.69, 9.17) is 5.11 Å². The predicted molar refractivity (Wildman–Crippen MR) is 59.1 cm³/mol. The molecule has 5 heteroatoms. The maximum atomic E-state index is 13.1. The molecule has 1 aromatic carbocycles. The first-order valence-electron chi connectivity index (χ1n) is 4.12. The van der Waals surface area contributed by atoms with E-state index in [1.54, 1.807) is 19.1 Å². The van der Waals surface area contributed by atoms with Gasteiger partial charge in [-0.2, -0.15) is 0 Å². The first kappa shape index (κ1) is 11.7. The highest BCUT2D eigenvalue weighted by atomic mass is 79.9. The lowest BCUT2D eigenvalue weighted by molar-refractivity contribution is -0.131. The molecule has 0 aliphatic heterocycles. The van der Waals surface area contributed by atoms with E-state index >= 15 is 0 Å². The Bertz CT molecular complexity index is 418. The van der Waals surface area contributed by atoms with Gasteiger partial charge in [-0.05, 0) is 41.1 Å². The Morgan fingerprint density at radius 3 is 2.80 bits per heavy atom. The molecule has 80 valence electrons. The predicted octanol–water partition coefficient (Wildman–Crippen LogP) is 2.99. The Labute approximate surface area is 94.7 Å². The molecule has 0 heterocycles. The van der Waals surface area contributed by atoms with Gasteiger partial charge in [0.25, 0.3) is 0 Å². The molecule has 3 nitrogen and oxygen atoms in total. The van der Waals surface area contributed by atoms with Crippen LogP contribution in [0.15, 0.2) is 34.4 Å². The van der Waals surface area contributed by atoms with Crippen LogP contribution in [0.3, 0.4) is 0 Å². The molecular formula is C10H9BrFNO2. The summed E-state index contributed by atoms with van der Waals surface area (Å²) < 4.78 is 13.4. The Morgan fingerprint density at radius 2 is 2.27 bits per heavy atom. The zero-order valence-electron chi connectivity index (χ0n) is 7.92. The van der Waals surface area contributed by atoms with Crippen molar-refractivity contribution in [3.8, 4) is 0 Å². The highest BCUT2D eigenvalue weighted by Crippen LogP contribution is 2.20. The molecule has 0 spiro atoms. The third-order valence-corrected chi connectivity index (χ3v) is 2.24. The largest absolute Gasteiger partial charge is 0.478 e. The van der Waals surface area contributed by atoms with Gasteiger partial charge in [-0.15, -0.1) is 0 Å². The standard InChI is InChI=1S/C10H9BrFNO2/c1-6(4-10(14)15)13-7-2-3-8(11)9(12)5-7/h2-5,13H,1H3,(H,14,15)/b6-4-. The first-order chi connectivity index (χ1) is 6.99. The maximum absolute atomic E-state index is 13.1. The molecule has 0 radical (unpaired) electrons. The van der Waals surface area contributed by atoms with E-state index in [9.17, 15) is 9.18 Å². The Kier molecular flexibility index (Phi) is 3.85. The summed E-state index contributed by atoms with van der Waals surface area (Å²) in [4.78, 5) is 10.3. The molecule has 0 unspecified atom stereocenters. The van der Waals surface area contributed by atoms with Gasteiger partial charge in [-0.3, -0.25) is 0 Å².